The second kappa shape index (κ2) is 5.53. The van der Waals surface area contributed by atoms with Crippen LogP contribution in [-0.4, -0.2) is 20.1 Å². The van der Waals surface area contributed by atoms with Crippen molar-refractivity contribution in [2.45, 2.75) is 25.3 Å². The van der Waals surface area contributed by atoms with Crippen LogP contribution in [0.4, 0.5) is 11.4 Å². The number of anilines is 2. The number of rotatable bonds is 3. The average Bonchev–Trinajstić information content (AvgIpc) is 2.73. The first-order chi connectivity index (χ1) is 10.5. The molecule has 0 spiro atoms. The van der Waals surface area contributed by atoms with Gasteiger partial charge in [0.25, 0.3) is 0 Å². The standard InChI is InChI=1S/C20H24N2/c1-20(2)17-7-5-6-8-18(17)22(4)19(20)14-11-15-9-12-16(21-3)13-10-15/h5-14,19,21H,1-4H3. The van der Waals surface area contributed by atoms with E-state index in [0.717, 1.165) is 5.69 Å². The largest absolute Gasteiger partial charge is 0.388 e. The molecule has 0 amide bonds. The molecule has 2 aromatic carbocycles. The van der Waals surface area contributed by atoms with Crippen LogP contribution in [0.15, 0.2) is 54.6 Å². The Morgan fingerprint density at radius 2 is 1.73 bits per heavy atom. The first-order valence-corrected chi connectivity index (χ1v) is 7.82. The van der Waals surface area contributed by atoms with Crippen LogP contribution in [0.3, 0.4) is 0 Å². The van der Waals surface area contributed by atoms with Gasteiger partial charge < -0.3 is 10.2 Å². The van der Waals surface area contributed by atoms with Crippen LogP contribution in [-0.2, 0) is 5.41 Å². The summed E-state index contributed by atoms with van der Waals surface area (Å²) in [6.45, 7) is 4.66. The number of hydrogen-bond acceptors (Lipinski definition) is 2. The van der Waals surface area contributed by atoms with Crippen molar-refractivity contribution in [3.63, 3.8) is 0 Å². The molecule has 2 heteroatoms. The van der Waals surface area contributed by atoms with E-state index in [1.165, 1.54) is 16.8 Å². The van der Waals surface area contributed by atoms with Crippen LogP contribution >= 0.6 is 0 Å². The smallest absolute Gasteiger partial charge is 0.0565 e. The molecule has 22 heavy (non-hydrogen) atoms. The lowest BCUT2D eigenvalue weighted by molar-refractivity contribution is 0.489. The second-order valence-corrected chi connectivity index (χ2v) is 6.53. The summed E-state index contributed by atoms with van der Waals surface area (Å²) in [5.74, 6) is 0. The van der Waals surface area contributed by atoms with E-state index in [1.807, 2.05) is 7.05 Å². The quantitative estimate of drug-likeness (QED) is 0.893. The molecular formula is C20H24N2. The van der Waals surface area contributed by atoms with Crippen LogP contribution in [0.2, 0.25) is 0 Å². The number of para-hydroxylation sites is 1. The molecule has 0 fully saturated rings. The predicted molar refractivity (Wildman–Crippen MR) is 96.7 cm³/mol. The van der Waals surface area contributed by atoms with Crippen LogP contribution in [0.1, 0.15) is 25.0 Å². The van der Waals surface area contributed by atoms with Gasteiger partial charge in [0.15, 0.2) is 0 Å². The van der Waals surface area contributed by atoms with Gasteiger partial charge in [0.05, 0.1) is 6.04 Å². The molecule has 0 aromatic heterocycles. The van der Waals surface area contributed by atoms with E-state index >= 15 is 0 Å². The topological polar surface area (TPSA) is 15.3 Å². The Morgan fingerprint density at radius 3 is 2.36 bits per heavy atom. The summed E-state index contributed by atoms with van der Waals surface area (Å²) in [4.78, 5) is 2.38. The van der Waals surface area contributed by atoms with E-state index in [4.69, 9.17) is 0 Å². The first kappa shape index (κ1) is 14.7. The Labute approximate surface area is 133 Å². The zero-order valence-electron chi connectivity index (χ0n) is 13.8. The van der Waals surface area contributed by atoms with Gasteiger partial charge in [-0.25, -0.2) is 0 Å². The van der Waals surface area contributed by atoms with Crippen LogP contribution in [0.5, 0.6) is 0 Å². The lowest BCUT2D eigenvalue weighted by Crippen LogP contribution is -2.37. The average molecular weight is 292 g/mol. The summed E-state index contributed by atoms with van der Waals surface area (Å²) < 4.78 is 0. The van der Waals surface area contributed by atoms with E-state index in [1.54, 1.807) is 0 Å². The van der Waals surface area contributed by atoms with Crippen molar-refractivity contribution in [1.29, 1.82) is 0 Å². The van der Waals surface area contributed by atoms with Crippen molar-refractivity contribution < 1.29 is 0 Å². The van der Waals surface area contributed by atoms with Gasteiger partial charge in [-0.2, -0.15) is 0 Å². The fourth-order valence-electron chi connectivity index (χ4n) is 3.45. The Bertz CT molecular complexity index is 683. The molecule has 1 heterocycles. The van der Waals surface area contributed by atoms with E-state index in [9.17, 15) is 0 Å². The highest BCUT2D eigenvalue weighted by molar-refractivity contribution is 5.66. The minimum absolute atomic E-state index is 0.118. The number of fused-ring (bicyclic) bond motifs is 1. The van der Waals surface area contributed by atoms with Crippen molar-refractivity contribution in [3.8, 4) is 0 Å². The predicted octanol–water partition coefficient (Wildman–Crippen LogP) is 4.54. The van der Waals surface area contributed by atoms with Crippen LogP contribution < -0.4 is 10.2 Å². The third-order valence-corrected chi connectivity index (χ3v) is 4.81. The van der Waals surface area contributed by atoms with E-state index in [-0.39, 0.29) is 5.41 Å². The minimum Gasteiger partial charge on any atom is -0.388 e. The highest BCUT2D eigenvalue weighted by Crippen LogP contribution is 2.44. The van der Waals surface area contributed by atoms with Gasteiger partial charge in [0.2, 0.25) is 0 Å². The van der Waals surface area contributed by atoms with Gasteiger partial charge in [-0.3, -0.25) is 0 Å². The van der Waals surface area contributed by atoms with Crippen molar-refractivity contribution in [2.24, 2.45) is 0 Å². The summed E-state index contributed by atoms with van der Waals surface area (Å²) >= 11 is 0. The van der Waals surface area contributed by atoms with Crippen LogP contribution in [0.25, 0.3) is 6.08 Å². The molecule has 114 valence electrons. The van der Waals surface area contributed by atoms with Crippen molar-refractivity contribution in [3.05, 3.63) is 65.7 Å². The zero-order chi connectivity index (χ0) is 15.7. The summed E-state index contributed by atoms with van der Waals surface area (Å²) in [5.41, 5.74) is 5.26. The van der Waals surface area contributed by atoms with E-state index in [0.29, 0.717) is 6.04 Å². The summed E-state index contributed by atoms with van der Waals surface area (Å²) in [7, 11) is 4.13. The Morgan fingerprint density at radius 1 is 1.05 bits per heavy atom. The molecule has 0 aliphatic carbocycles. The summed E-state index contributed by atoms with van der Waals surface area (Å²) in [6, 6.07) is 17.6. The molecule has 3 rings (SSSR count). The van der Waals surface area contributed by atoms with Gasteiger partial charge in [0, 0.05) is 30.9 Å². The minimum atomic E-state index is 0.118. The lowest BCUT2D eigenvalue weighted by atomic mass is 9.80. The molecule has 2 aromatic rings. The molecular weight excluding hydrogens is 268 g/mol. The SMILES string of the molecule is CNc1ccc(C=CC2N(C)c3ccccc3C2(C)C)cc1. The monoisotopic (exact) mass is 292 g/mol. The number of nitrogens with one attached hydrogen (secondary N) is 1. The van der Waals surface area contributed by atoms with Crippen molar-refractivity contribution in [2.75, 3.05) is 24.3 Å². The molecule has 0 saturated carbocycles. The molecule has 0 radical (unpaired) electrons. The van der Waals surface area contributed by atoms with E-state index in [2.05, 4.69) is 91.8 Å². The Hall–Kier alpha value is -2.22. The maximum Gasteiger partial charge on any atom is 0.0565 e. The Balaban J connectivity index is 1.87. The first-order valence-electron chi connectivity index (χ1n) is 7.82. The summed E-state index contributed by atoms with van der Waals surface area (Å²) in [6.07, 6.45) is 4.56. The highest BCUT2D eigenvalue weighted by Gasteiger charge is 2.41. The van der Waals surface area contributed by atoms with Gasteiger partial charge in [-0.15, -0.1) is 0 Å². The maximum absolute atomic E-state index is 3.15. The molecule has 0 saturated heterocycles. The Kier molecular flexibility index (Phi) is 3.69. The van der Waals surface area contributed by atoms with Crippen LogP contribution in [0, 0.1) is 0 Å². The molecule has 1 aliphatic heterocycles. The molecule has 1 aliphatic rings. The van der Waals surface area contributed by atoms with Gasteiger partial charge in [-0.1, -0.05) is 56.3 Å². The van der Waals surface area contributed by atoms with Gasteiger partial charge in [0.1, 0.15) is 0 Å². The molecule has 1 unspecified atom stereocenters. The highest BCUT2D eigenvalue weighted by atomic mass is 15.2. The molecule has 1 N–H and O–H groups in total. The van der Waals surface area contributed by atoms with Gasteiger partial charge in [-0.05, 0) is 29.3 Å². The zero-order valence-corrected chi connectivity index (χ0v) is 13.8. The summed E-state index contributed by atoms with van der Waals surface area (Å²) in [5, 5.41) is 3.15. The second-order valence-electron chi connectivity index (χ2n) is 6.53. The number of likely N-dealkylation sites (N-methyl/N-ethyl adjacent to an activating group) is 1. The van der Waals surface area contributed by atoms with Crippen molar-refractivity contribution in [1.82, 2.24) is 0 Å². The maximum atomic E-state index is 3.15. The lowest BCUT2D eigenvalue weighted by Gasteiger charge is -2.29. The molecule has 1 atom stereocenters. The van der Waals surface area contributed by atoms with Gasteiger partial charge >= 0.3 is 0 Å². The number of hydrogen-bond donors (Lipinski definition) is 1. The molecule has 0 bridgehead atoms. The van der Waals surface area contributed by atoms with E-state index < -0.39 is 0 Å². The van der Waals surface area contributed by atoms with Crippen molar-refractivity contribution >= 4 is 17.5 Å². The third-order valence-electron chi connectivity index (χ3n) is 4.81. The fourth-order valence-corrected chi connectivity index (χ4v) is 3.45. The number of nitrogens with zero attached hydrogens (tertiary/aromatic N) is 1. The normalized spacial score (nSPS) is 19.5. The molecule has 2 nitrogen and oxygen atoms in total. The fraction of sp³-hybridized carbons (Fsp3) is 0.300. The third kappa shape index (κ3) is 2.39. The number of benzene rings is 2.